The van der Waals surface area contributed by atoms with Crippen molar-refractivity contribution >= 4 is 10.8 Å². The quantitative estimate of drug-likeness (QED) is 0.700. The molecule has 0 aliphatic carbocycles. The first kappa shape index (κ1) is 11.6. The van der Waals surface area contributed by atoms with Crippen molar-refractivity contribution in [3.05, 3.63) is 65.7 Å². The Labute approximate surface area is 104 Å². The molecule has 17 heavy (non-hydrogen) atoms. The van der Waals surface area contributed by atoms with Crippen LogP contribution in [0, 0.1) is 18.1 Å². The predicted molar refractivity (Wildman–Crippen MR) is 70.9 cm³/mol. The van der Waals surface area contributed by atoms with Gasteiger partial charge < -0.3 is 0 Å². The fourth-order valence-electron chi connectivity index (χ4n) is 1.35. The maximum absolute atomic E-state index is 11.9. The van der Waals surface area contributed by atoms with Gasteiger partial charge in [0.1, 0.15) is 10.8 Å². The second-order valence-electron chi connectivity index (χ2n) is 3.67. The first-order valence-electron chi connectivity index (χ1n) is 5.31. The molecule has 0 aliphatic heterocycles. The summed E-state index contributed by atoms with van der Waals surface area (Å²) in [4.78, 5) is 0.749. The summed E-state index contributed by atoms with van der Waals surface area (Å²) >= 11 is 0. The van der Waals surface area contributed by atoms with Gasteiger partial charge in [0.15, 0.2) is 0 Å². The Bertz CT molecular complexity index is 574. The summed E-state index contributed by atoms with van der Waals surface area (Å²) in [6, 6.07) is 17.2. The van der Waals surface area contributed by atoms with E-state index in [1.165, 1.54) is 0 Å². The third kappa shape index (κ3) is 3.30. The van der Waals surface area contributed by atoms with Crippen LogP contribution in [0.1, 0.15) is 11.1 Å². The van der Waals surface area contributed by atoms with Crippen LogP contribution in [0.5, 0.6) is 0 Å². The molecule has 2 heteroatoms. The largest absolute Gasteiger partial charge is 0.240 e. The average molecular weight is 240 g/mol. The summed E-state index contributed by atoms with van der Waals surface area (Å²) in [6.07, 6.45) is 0. The van der Waals surface area contributed by atoms with E-state index in [2.05, 4.69) is 11.2 Å². The zero-order valence-corrected chi connectivity index (χ0v) is 10.3. The molecule has 1 atom stereocenters. The summed E-state index contributed by atoms with van der Waals surface area (Å²) in [5.74, 6) is 2.91. The van der Waals surface area contributed by atoms with Gasteiger partial charge in [-0.15, -0.1) is 0 Å². The van der Waals surface area contributed by atoms with Gasteiger partial charge in [0.2, 0.25) is 0 Å². The molecule has 0 unspecified atom stereocenters. The first-order chi connectivity index (χ1) is 8.25. The first-order valence-corrected chi connectivity index (χ1v) is 6.46. The Balaban J connectivity index is 2.18. The molecule has 2 aromatic rings. The van der Waals surface area contributed by atoms with Gasteiger partial charge in [0.05, 0.1) is 4.90 Å². The lowest BCUT2D eigenvalue weighted by Gasteiger charge is -1.95. The zero-order valence-electron chi connectivity index (χ0n) is 9.51. The van der Waals surface area contributed by atoms with Crippen LogP contribution >= 0.6 is 0 Å². The van der Waals surface area contributed by atoms with E-state index in [-0.39, 0.29) is 0 Å². The van der Waals surface area contributed by atoms with Crippen molar-refractivity contribution in [2.24, 2.45) is 0 Å². The van der Waals surface area contributed by atoms with Crippen molar-refractivity contribution in [2.45, 2.75) is 11.8 Å². The summed E-state index contributed by atoms with van der Waals surface area (Å²) in [7, 11) is -1.25. The van der Waals surface area contributed by atoms with Gasteiger partial charge in [-0.25, -0.2) is 4.21 Å². The SMILES string of the molecule is Cc1ccc([S@](=O)C#Cc2ccccc2)cc1. The van der Waals surface area contributed by atoms with Crippen molar-refractivity contribution in [1.29, 1.82) is 0 Å². The zero-order chi connectivity index (χ0) is 12.1. The van der Waals surface area contributed by atoms with Crippen molar-refractivity contribution in [1.82, 2.24) is 0 Å². The highest BCUT2D eigenvalue weighted by Gasteiger charge is 1.98. The smallest absolute Gasteiger partial charge is 0.130 e. The summed E-state index contributed by atoms with van der Waals surface area (Å²) < 4.78 is 11.9. The molecule has 1 nitrogen and oxygen atoms in total. The van der Waals surface area contributed by atoms with E-state index in [4.69, 9.17) is 0 Å². The summed E-state index contributed by atoms with van der Waals surface area (Å²) in [6.45, 7) is 2.00. The van der Waals surface area contributed by atoms with Gasteiger partial charge in [-0.2, -0.15) is 0 Å². The van der Waals surface area contributed by atoms with Crippen LogP contribution in [0.3, 0.4) is 0 Å². The molecule has 0 N–H and O–H groups in total. The standard InChI is InChI=1S/C15H12OS/c1-13-7-9-15(10-8-13)17(16)12-11-14-5-3-2-4-6-14/h2-10H,1H3/t17-/m1/s1. The number of hydrogen-bond donors (Lipinski definition) is 0. The maximum Gasteiger partial charge on any atom is 0.130 e. The molecular weight excluding hydrogens is 228 g/mol. The van der Waals surface area contributed by atoms with Gasteiger partial charge in [-0.3, -0.25) is 0 Å². The number of benzene rings is 2. The topological polar surface area (TPSA) is 17.1 Å². The Morgan fingerprint density at radius 2 is 1.59 bits per heavy atom. The lowest BCUT2D eigenvalue weighted by Crippen LogP contribution is -1.87. The lowest BCUT2D eigenvalue weighted by atomic mass is 10.2. The highest BCUT2D eigenvalue weighted by Crippen LogP contribution is 2.07. The Morgan fingerprint density at radius 3 is 2.24 bits per heavy atom. The van der Waals surface area contributed by atoms with Crippen molar-refractivity contribution in [2.75, 3.05) is 0 Å². The normalized spacial score (nSPS) is 11.4. The lowest BCUT2D eigenvalue weighted by molar-refractivity contribution is 0.689. The van der Waals surface area contributed by atoms with Crippen LogP contribution in [0.15, 0.2) is 59.5 Å². The Kier molecular flexibility index (Phi) is 3.74. The molecule has 0 fully saturated rings. The molecular formula is C15H12OS. The monoisotopic (exact) mass is 240 g/mol. The highest BCUT2D eigenvalue weighted by molar-refractivity contribution is 7.89. The molecule has 0 spiro atoms. The fraction of sp³-hybridized carbons (Fsp3) is 0.0667. The molecule has 0 amide bonds. The second kappa shape index (κ2) is 5.47. The molecule has 0 saturated carbocycles. The maximum atomic E-state index is 11.9. The summed E-state index contributed by atoms with van der Waals surface area (Å²) in [5.41, 5.74) is 2.04. The minimum Gasteiger partial charge on any atom is -0.240 e. The van der Waals surface area contributed by atoms with E-state index in [0.29, 0.717) is 0 Å². The van der Waals surface area contributed by atoms with Gasteiger partial charge in [-0.1, -0.05) is 41.8 Å². The molecule has 2 rings (SSSR count). The van der Waals surface area contributed by atoms with Crippen molar-refractivity contribution in [3.8, 4) is 11.2 Å². The molecule has 84 valence electrons. The van der Waals surface area contributed by atoms with Crippen LogP contribution in [0.4, 0.5) is 0 Å². The van der Waals surface area contributed by atoms with Crippen LogP contribution in [0.25, 0.3) is 0 Å². The van der Waals surface area contributed by atoms with E-state index < -0.39 is 10.8 Å². The average Bonchev–Trinajstić information content (AvgIpc) is 2.38. The van der Waals surface area contributed by atoms with Gasteiger partial charge in [0, 0.05) is 10.8 Å². The van der Waals surface area contributed by atoms with Crippen molar-refractivity contribution < 1.29 is 4.21 Å². The molecule has 2 aromatic carbocycles. The molecule has 0 radical (unpaired) electrons. The minimum atomic E-state index is -1.25. The molecule has 0 bridgehead atoms. The minimum absolute atomic E-state index is 0.749. The number of hydrogen-bond acceptors (Lipinski definition) is 1. The van der Waals surface area contributed by atoms with E-state index in [1.807, 2.05) is 61.5 Å². The number of aryl methyl sites for hydroxylation is 1. The van der Waals surface area contributed by atoms with E-state index >= 15 is 0 Å². The Hall–Kier alpha value is -1.85. The van der Waals surface area contributed by atoms with Crippen LogP contribution < -0.4 is 0 Å². The van der Waals surface area contributed by atoms with E-state index in [0.717, 1.165) is 16.0 Å². The molecule has 0 heterocycles. The van der Waals surface area contributed by atoms with Crippen LogP contribution in [0.2, 0.25) is 0 Å². The molecule has 0 aromatic heterocycles. The van der Waals surface area contributed by atoms with E-state index in [1.54, 1.807) is 0 Å². The number of rotatable bonds is 1. The van der Waals surface area contributed by atoms with Crippen LogP contribution in [-0.2, 0) is 10.8 Å². The Morgan fingerprint density at radius 1 is 0.941 bits per heavy atom. The van der Waals surface area contributed by atoms with Gasteiger partial charge in [0.25, 0.3) is 0 Å². The third-order valence-electron chi connectivity index (χ3n) is 2.30. The van der Waals surface area contributed by atoms with Gasteiger partial charge >= 0.3 is 0 Å². The van der Waals surface area contributed by atoms with Crippen LogP contribution in [-0.4, -0.2) is 4.21 Å². The van der Waals surface area contributed by atoms with E-state index in [9.17, 15) is 4.21 Å². The fourth-order valence-corrected chi connectivity index (χ4v) is 2.06. The third-order valence-corrected chi connectivity index (χ3v) is 3.28. The molecule has 0 saturated heterocycles. The summed E-state index contributed by atoms with van der Waals surface area (Å²) in [5, 5.41) is 2.76. The molecule has 0 aliphatic rings. The predicted octanol–water partition coefficient (Wildman–Crippen LogP) is 3.11. The highest BCUT2D eigenvalue weighted by atomic mass is 32.2. The van der Waals surface area contributed by atoms with Gasteiger partial charge in [-0.05, 0) is 31.2 Å². The van der Waals surface area contributed by atoms with Crippen molar-refractivity contribution in [3.63, 3.8) is 0 Å². The second-order valence-corrected chi connectivity index (χ2v) is 4.89.